The van der Waals surface area contributed by atoms with E-state index in [0.717, 1.165) is 45.1 Å². The zero-order chi connectivity index (χ0) is 25.7. The number of hydrogen-bond acceptors (Lipinski definition) is 7. The molecule has 0 aliphatic rings. The number of pyridine rings is 1. The highest BCUT2D eigenvalue weighted by Gasteiger charge is 2.11. The fourth-order valence-corrected chi connectivity index (χ4v) is 4.27. The third kappa shape index (κ3) is 5.60. The van der Waals surface area contributed by atoms with Crippen molar-refractivity contribution in [1.82, 2.24) is 20.1 Å². The lowest BCUT2D eigenvalue weighted by molar-refractivity contribution is 0.142. The molecule has 0 spiro atoms. The van der Waals surface area contributed by atoms with Crippen LogP contribution >= 0.6 is 0 Å². The molecule has 8 nitrogen and oxygen atoms in total. The second kappa shape index (κ2) is 10.9. The summed E-state index contributed by atoms with van der Waals surface area (Å²) >= 11 is 0. The Labute approximate surface area is 211 Å². The smallest absolute Gasteiger partial charge is 0.139 e. The third-order valence-corrected chi connectivity index (χ3v) is 6.31. The number of nitrogens with two attached hydrogens (primary N) is 3. The van der Waals surface area contributed by atoms with Crippen LogP contribution in [0.2, 0.25) is 0 Å². The average Bonchev–Trinajstić information content (AvgIpc) is 3.37. The number of allylic oxidation sites excluding steroid dienone is 1. The van der Waals surface area contributed by atoms with Crippen LogP contribution in [0.5, 0.6) is 0 Å². The second-order valence-electron chi connectivity index (χ2n) is 8.82. The lowest BCUT2D eigenvalue weighted by Gasteiger charge is -2.18. The van der Waals surface area contributed by atoms with Gasteiger partial charge >= 0.3 is 0 Å². The highest BCUT2D eigenvalue weighted by Crippen LogP contribution is 2.28. The number of ether oxygens (including phenoxy) is 1. The van der Waals surface area contributed by atoms with Gasteiger partial charge in [-0.15, -0.1) is 0 Å². The molecule has 186 valence electrons. The van der Waals surface area contributed by atoms with Gasteiger partial charge in [0, 0.05) is 42.8 Å². The number of rotatable bonds is 9. The Hall–Kier alpha value is -4.46. The minimum atomic E-state index is -0.202. The van der Waals surface area contributed by atoms with Gasteiger partial charge in [-0.3, -0.25) is 4.68 Å². The number of anilines is 1. The van der Waals surface area contributed by atoms with Crippen molar-refractivity contribution in [1.29, 1.82) is 0 Å². The molecule has 0 bridgehead atoms. The first-order chi connectivity index (χ1) is 17.4. The minimum absolute atomic E-state index is 0.202. The molecule has 2 aromatic heterocycles. The number of nitrogens with one attached hydrogen (secondary N) is 1. The van der Waals surface area contributed by atoms with E-state index in [0.29, 0.717) is 23.9 Å². The van der Waals surface area contributed by atoms with Gasteiger partial charge in [-0.2, -0.15) is 5.10 Å². The van der Waals surface area contributed by atoms with Crippen LogP contribution in [0, 0.1) is 13.8 Å². The van der Waals surface area contributed by atoms with Crippen molar-refractivity contribution in [2.24, 2.45) is 11.5 Å². The molecule has 0 aliphatic carbocycles. The number of nitrogen functional groups attached to an aromatic ring is 1. The molecule has 0 amide bonds. The van der Waals surface area contributed by atoms with Crippen LogP contribution in [0.15, 0.2) is 84.9 Å². The van der Waals surface area contributed by atoms with E-state index in [2.05, 4.69) is 59.6 Å². The zero-order valence-corrected chi connectivity index (χ0v) is 20.9. The molecule has 4 rings (SSSR count). The Morgan fingerprint density at radius 1 is 1.14 bits per heavy atom. The molecular weight excluding hydrogens is 450 g/mol. The predicted molar refractivity (Wildman–Crippen MR) is 144 cm³/mol. The fourth-order valence-electron chi connectivity index (χ4n) is 4.27. The fraction of sp³-hybridized carbons (Fsp3) is 0.214. The molecule has 36 heavy (non-hydrogen) atoms. The van der Waals surface area contributed by atoms with Crippen LogP contribution in [0.25, 0.3) is 10.8 Å². The van der Waals surface area contributed by atoms with Crippen molar-refractivity contribution in [2.75, 3.05) is 5.73 Å². The quantitative estimate of drug-likeness (QED) is 0.208. The average molecular weight is 484 g/mol. The van der Waals surface area contributed by atoms with Gasteiger partial charge < -0.3 is 27.3 Å². The molecule has 1 atom stereocenters. The second-order valence-corrected chi connectivity index (χ2v) is 8.82. The molecular formula is C28H33N7O. The van der Waals surface area contributed by atoms with Crippen LogP contribution in [0.3, 0.4) is 0 Å². The van der Waals surface area contributed by atoms with Crippen LogP contribution in [-0.4, -0.2) is 14.8 Å². The van der Waals surface area contributed by atoms with Gasteiger partial charge in [0.1, 0.15) is 23.5 Å². The Morgan fingerprint density at radius 3 is 2.61 bits per heavy atom. The zero-order valence-electron chi connectivity index (χ0n) is 20.9. The summed E-state index contributed by atoms with van der Waals surface area (Å²) in [6, 6.07) is 14.2. The SMILES string of the molecule is Cc1cc2c(N)nccc2c(C)c1CN/C(N)=C/C(=C\N)O[C@H](C)c1ccc(Cn2cccn2)cc1. The first-order valence-corrected chi connectivity index (χ1v) is 11.8. The highest BCUT2D eigenvalue weighted by molar-refractivity contribution is 5.94. The van der Waals surface area contributed by atoms with E-state index in [1.54, 1.807) is 18.5 Å². The summed E-state index contributed by atoms with van der Waals surface area (Å²) in [5.74, 6) is 1.48. The highest BCUT2D eigenvalue weighted by atomic mass is 16.5. The Bertz CT molecular complexity index is 1390. The molecule has 7 N–H and O–H groups in total. The Kier molecular flexibility index (Phi) is 7.44. The summed E-state index contributed by atoms with van der Waals surface area (Å²) in [4.78, 5) is 4.20. The maximum absolute atomic E-state index is 6.27. The van der Waals surface area contributed by atoms with Crippen LogP contribution in [-0.2, 0) is 17.8 Å². The lowest BCUT2D eigenvalue weighted by Crippen LogP contribution is -2.21. The van der Waals surface area contributed by atoms with E-state index < -0.39 is 0 Å². The normalized spacial score (nSPS) is 13.1. The van der Waals surface area contributed by atoms with E-state index in [1.165, 1.54) is 6.20 Å². The van der Waals surface area contributed by atoms with Gasteiger partial charge in [0.15, 0.2) is 0 Å². The maximum Gasteiger partial charge on any atom is 0.139 e. The molecule has 2 aromatic carbocycles. The largest absolute Gasteiger partial charge is 0.484 e. The maximum atomic E-state index is 6.27. The van der Waals surface area contributed by atoms with E-state index >= 15 is 0 Å². The minimum Gasteiger partial charge on any atom is -0.484 e. The van der Waals surface area contributed by atoms with Gasteiger partial charge in [0.25, 0.3) is 0 Å². The summed E-state index contributed by atoms with van der Waals surface area (Å²) in [6.45, 7) is 7.41. The Balaban J connectivity index is 1.39. The predicted octanol–water partition coefficient (Wildman–Crippen LogP) is 4.15. The first-order valence-electron chi connectivity index (χ1n) is 11.8. The van der Waals surface area contributed by atoms with Gasteiger partial charge in [0.2, 0.25) is 0 Å². The molecule has 0 aliphatic heterocycles. The molecule has 2 heterocycles. The van der Waals surface area contributed by atoms with Crippen LogP contribution in [0.4, 0.5) is 5.82 Å². The van der Waals surface area contributed by atoms with Crippen molar-refractivity contribution >= 4 is 16.6 Å². The lowest BCUT2D eigenvalue weighted by atomic mass is 9.96. The molecule has 0 unspecified atom stereocenters. The Morgan fingerprint density at radius 2 is 1.92 bits per heavy atom. The molecule has 0 fully saturated rings. The molecule has 4 aromatic rings. The summed E-state index contributed by atoms with van der Waals surface area (Å²) in [5.41, 5.74) is 23.8. The van der Waals surface area contributed by atoms with Crippen LogP contribution in [0.1, 0.15) is 40.8 Å². The summed E-state index contributed by atoms with van der Waals surface area (Å²) in [5, 5.41) is 9.57. The van der Waals surface area contributed by atoms with Crippen molar-refractivity contribution < 1.29 is 4.74 Å². The van der Waals surface area contributed by atoms with E-state index in [1.807, 2.05) is 29.9 Å². The van der Waals surface area contributed by atoms with Gasteiger partial charge in [-0.1, -0.05) is 24.3 Å². The van der Waals surface area contributed by atoms with E-state index in [9.17, 15) is 0 Å². The molecule has 0 radical (unpaired) electrons. The van der Waals surface area contributed by atoms with Gasteiger partial charge in [-0.25, -0.2) is 4.98 Å². The summed E-state index contributed by atoms with van der Waals surface area (Å²) < 4.78 is 7.96. The third-order valence-electron chi connectivity index (χ3n) is 6.31. The number of benzene rings is 2. The van der Waals surface area contributed by atoms with Crippen molar-refractivity contribution in [3.63, 3.8) is 0 Å². The van der Waals surface area contributed by atoms with E-state index in [4.69, 9.17) is 21.9 Å². The number of nitrogens with zero attached hydrogens (tertiary/aromatic N) is 3. The monoisotopic (exact) mass is 483 g/mol. The topological polar surface area (TPSA) is 130 Å². The number of aryl methyl sites for hydroxylation is 2. The van der Waals surface area contributed by atoms with Gasteiger partial charge in [-0.05, 0) is 72.2 Å². The number of hydrogen-bond donors (Lipinski definition) is 4. The van der Waals surface area contributed by atoms with E-state index in [-0.39, 0.29) is 6.10 Å². The number of fused-ring (bicyclic) bond motifs is 1. The first kappa shape index (κ1) is 24.7. The number of aromatic nitrogens is 3. The van der Waals surface area contributed by atoms with Crippen molar-refractivity contribution in [3.05, 3.63) is 113 Å². The molecule has 0 saturated heterocycles. The van der Waals surface area contributed by atoms with Crippen molar-refractivity contribution in [3.8, 4) is 0 Å². The standard InChI is InChI=1S/C28H33N7O/c1-18-13-25-24(9-11-32-28(25)31)19(2)26(18)16-33-27(30)14-23(15-29)36-20(3)22-7-5-21(6-8-22)17-35-12-4-10-34-35/h4-15,20,33H,16-17,29-30H2,1-3H3,(H2,31,32)/b23-15+,27-14+/t20-/m1/s1. The summed E-state index contributed by atoms with van der Waals surface area (Å²) in [6.07, 6.45) is 8.37. The summed E-state index contributed by atoms with van der Waals surface area (Å²) in [7, 11) is 0. The van der Waals surface area contributed by atoms with Gasteiger partial charge in [0.05, 0.1) is 6.54 Å². The van der Waals surface area contributed by atoms with Crippen LogP contribution < -0.4 is 22.5 Å². The molecule has 8 heteroatoms. The van der Waals surface area contributed by atoms with Crippen molar-refractivity contribution in [2.45, 2.75) is 40.0 Å². The molecule has 0 saturated carbocycles.